The Hall–Kier alpha value is -3.53. The highest BCUT2D eigenvalue weighted by Crippen LogP contribution is 2.31. The molecule has 1 aromatic heterocycles. The van der Waals surface area contributed by atoms with Crippen LogP contribution in [-0.4, -0.2) is 43.6 Å². The van der Waals surface area contributed by atoms with Gasteiger partial charge in [0.2, 0.25) is 15.9 Å². The summed E-state index contributed by atoms with van der Waals surface area (Å²) >= 11 is 0. The zero-order valence-electron chi connectivity index (χ0n) is 18.6. The molecular weight excluding hydrogens is 432 g/mol. The number of hydrogen-bond donors (Lipinski definition) is 1. The third-order valence-corrected chi connectivity index (χ3v) is 6.24. The highest BCUT2D eigenvalue weighted by atomic mass is 32.2. The Morgan fingerprint density at radius 1 is 1.12 bits per heavy atom. The minimum Gasteiger partial charge on any atom is -0.495 e. The summed E-state index contributed by atoms with van der Waals surface area (Å²) in [5, 5.41) is 2.59. The van der Waals surface area contributed by atoms with Gasteiger partial charge in [-0.2, -0.15) is 0 Å². The predicted molar refractivity (Wildman–Crippen MR) is 124 cm³/mol. The maximum Gasteiger partial charge on any atom is 0.295 e. The van der Waals surface area contributed by atoms with E-state index in [1.807, 2.05) is 25.1 Å². The Kier molecular flexibility index (Phi) is 6.45. The van der Waals surface area contributed by atoms with Gasteiger partial charge in [0.25, 0.3) is 5.56 Å². The molecule has 1 heterocycles. The standard InChI is InChI=1S/C22H26N4O5S/c1-15-11-12-19(31-4)18(13-15)25(32(5,29)30)14-20(27)23-21-16(2)24(3)26(22(21)28)17-9-7-6-8-10-17/h6-13H,14H2,1-5H3,(H,23,27). The first-order chi connectivity index (χ1) is 15.0. The van der Waals surface area contributed by atoms with Gasteiger partial charge in [0.1, 0.15) is 18.0 Å². The molecule has 0 fully saturated rings. The number of hydrogen-bond acceptors (Lipinski definition) is 5. The minimum atomic E-state index is -3.82. The molecule has 0 aliphatic rings. The SMILES string of the molecule is COc1ccc(C)cc1N(CC(=O)Nc1c(C)n(C)n(-c2ccccc2)c1=O)S(C)(=O)=O. The van der Waals surface area contributed by atoms with Gasteiger partial charge in [-0.3, -0.25) is 18.6 Å². The lowest BCUT2D eigenvalue weighted by atomic mass is 10.2. The van der Waals surface area contributed by atoms with Crippen LogP contribution in [0.3, 0.4) is 0 Å². The highest BCUT2D eigenvalue weighted by molar-refractivity contribution is 7.92. The van der Waals surface area contributed by atoms with Crippen molar-refractivity contribution >= 4 is 27.3 Å². The Bertz CT molecular complexity index is 1310. The Morgan fingerprint density at radius 2 is 1.78 bits per heavy atom. The monoisotopic (exact) mass is 458 g/mol. The van der Waals surface area contributed by atoms with Gasteiger partial charge in [0.05, 0.1) is 30.4 Å². The number of carbonyl (C=O) groups is 1. The number of aryl methyl sites for hydroxylation is 1. The maximum absolute atomic E-state index is 13.0. The van der Waals surface area contributed by atoms with Crippen LogP contribution >= 0.6 is 0 Å². The molecule has 0 bridgehead atoms. The van der Waals surface area contributed by atoms with Crippen molar-refractivity contribution in [2.75, 3.05) is 29.5 Å². The molecule has 3 aromatic rings. The molecular formula is C22H26N4O5S. The van der Waals surface area contributed by atoms with Crippen molar-refractivity contribution in [3.8, 4) is 11.4 Å². The summed E-state index contributed by atoms with van der Waals surface area (Å²) in [5.74, 6) is -0.332. The third kappa shape index (κ3) is 4.54. The summed E-state index contributed by atoms with van der Waals surface area (Å²) in [5.41, 5.74) is 1.91. The van der Waals surface area contributed by atoms with Crippen molar-refractivity contribution in [3.63, 3.8) is 0 Å². The van der Waals surface area contributed by atoms with E-state index < -0.39 is 28.0 Å². The molecule has 9 nitrogen and oxygen atoms in total. The minimum absolute atomic E-state index is 0.0889. The highest BCUT2D eigenvalue weighted by Gasteiger charge is 2.26. The molecule has 0 unspecified atom stereocenters. The number of aromatic nitrogens is 2. The van der Waals surface area contributed by atoms with E-state index in [0.717, 1.165) is 16.1 Å². The number of rotatable bonds is 7. The number of amides is 1. The molecule has 2 aromatic carbocycles. The van der Waals surface area contributed by atoms with Gasteiger partial charge in [-0.05, 0) is 43.7 Å². The van der Waals surface area contributed by atoms with Crippen LogP contribution in [0.1, 0.15) is 11.3 Å². The average Bonchev–Trinajstić information content (AvgIpc) is 2.95. The van der Waals surface area contributed by atoms with E-state index in [1.54, 1.807) is 49.0 Å². The summed E-state index contributed by atoms with van der Waals surface area (Å²) in [7, 11) is -0.684. The number of methoxy groups -OCH3 is 1. The largest absolute Gasteiger partial charge is 0.495 e. The Morgan fingerprint density at radius 3 is 2.38 bits per heavy atom. The molecule has 170 valence electrons. The fraction of sp³-hybridized carbons (Fsp3) is 0.273. The number of benzene rings is 2. The number of ether oxygens (including phenoxy) is 1. The van der Waals surface area contributed by atoms with E-state index in [1.165, 1.54) is 11.8 Å². The van der Waals surface area contributed by atoms with Crippen LogP contribution in [0.4, 0.5) is 11.4 Å². The van der Waals surface area contributed by atoms with Gasteiger partial charge >= 0.3 is 0 Å². The third-order valence-electron chi connectivity index (χ3n) is 5.11. The predicted octanol–water partition coefficient (Wildman–Crippen LogP) is 2.21. The van der Waals surface area contributed by atoms with Crippen LogP contribution in [0.25, 0.3) is 5.69 Å². The average molecular weight is 459 g/mol. The van der Waals surface area contributed by atoms with Gasteiger partial charge in [-0.15, -0.1) is 0 Å². The summed E-state index contributed by atoms with van der Waals surface area (Å²) in [4.78, 5) is 25.9. The molecule has 0 saturated carbocycles. The van der Waals surface area contributed by atoms with Crippen molar-refractivity contribution in [1.82, 2.24) is 9.36 Å². The zero-order valence-corrected chi connectivity index (χ0v) is 19.4. The normalized spacial score (nSPS) is 11.3. The second-order valence-electron chi connectivity index (χ2n) is 7.43. The number of anilines is 2. The Balaban J connectivity index is 1.95. The molecule has 0 radical (unpaired) electrons. The first-order valence-electron chi connectivity index (χ1n) is 9.80. The summed E-state index contributed by atoms with van der Waals surface area (Å²) < 4.78 is 34.3. The van der Waals surface area contributed by atoms with Crippen molar-refractivity contribution in [2.45, 2.75) is 13.8 Å². The molecule has 1 amide bonds. The topological polar surface area (TPSA) is 103 Å². The first kappa shape index (κ1) is 23.1. The fourth-order valence-corrected chi connectivity index (χ4v) is 4.25. The van der Waals surface area contributed by atoms with Crippen LogP contribution in [0, 0.1) is 13.8 Å². The second-order valence-corrected chi connectivity index (χ2v) is 9.34. The number of nitrogens with zero attached hydrogens (tertiary/aromatic N) is 3. The van der Waals surface area contributed by atoms with Gasteiger partial charge < -0.3 is 10.1 Å². The summed E-state index contributed by atoms with van der Waals surface area (Å²) in [6.45, 7) is 3.00. The summed E-state index contributed by atoms with van der Waals surface area (Å²) in [6.07, 6.45) is 1.01. The number of carbonyl (C=O) groups excluding carboxylic acids is 1. The molecule has 0 spiro atoms. The first-order valence-corrected chi connectivity index (χ1v) is 11.7. The molecule has 10 heteroatoms. The van der Waals surface area contributed by atoms with Crippen LogP contribution in [0.2, 0.25) is 0 Å². The van der Waals surface area contributed by atoms with E-state index in [0.29, 0.717) is 17.1 Å². The molecule has 32 heavy (non-hydrogen) atoms. The summed E-state index contributed by atoms with van der Waals surface area (Å²) in [6, 6.07) is 14.1. The van der Waals surface area contributed by atoms with Crippen molar-refractivity contribution < 1.29 is 17.9 Å². The maximum atomic E-state index is 13.0. The van der Waals surface area contributed by atoms with Crippen LogP contribution in [-0.2, 0) is 21.9 Å². The molecule has 0 aliphatic carbocycles. The van der Waals surface area contributed by atoms with E-state index in [2.05, 4.69) is 5.32 Å². The molecule has 3 rings (SSSR count). The lowest BCUT2D eigenvalue weighted by molar-refractivity contribution is -0.114. The molecule has 1 N–H and O–H groups in total. The Labute approximate surface area is 186 Å². The number of nitrogens with one attached hydrogen (secondary N) is 1. The fourth-order valence-electron chi connectivity index (χ4n) is 3.40. The van der Waals surface area contributed by atoms with E-state index in [9.17, 15) is 18.0 Å². The van der Waals surface area contributed by atoms with Crippen molar-refractivity contribution in [2.24, 2.45) is 7.05 Å². The van der Waals surface area contributed by atoms with Gasteiger partial charge in [-0.1, -0.05) is 24.3 Å². The van der Waals surface area contributed by atoms with Gasteiger partial charge in [0.15, 0.2) is 0 Å². The molecule has 0 saturated heterocycles. The smallest absolute Gasteiger partial charge is 0.295 e. The van der Waals surface area contributed by atoms with Crippen molar-refractivity contribution in [3.05, 3.63) is 70.1 Å². The lowest BCUT2D eigenvalue weighted by Crippen LogP contribution is -2.38. The molecule has 0 aliphatic heterocycles. The van der Waals surface area contributed by atoms with E-state index >= 15 is 0 Å². The van der Waals surface area contributed by atoms with E-state index in [-0.39, 0.29) is 11.4 Å². The lowest BCUT2D eigenvalue weighted by Gasteiger charge is -2.24. The van der Waals surface area contributed by atoms with E-state index in [4.69, 9.17) is 4.74 Å². The van der Waals surface area contributed by atoms with Crippen LogP contribution in [0.5, 0.6) is 5.75 Å². The van der Waals surface area contributed by atoms with Crippen LogP contribution in [0.15, 0.2) is 53.3 Å². The number of sulfonamides is 1. The van der Waals surface area contributed by atoms with Crippen molar-refractivity contribution in [1.29, 1.82) is 0 Å². The zero-order chi connectivity index (χ0) is 23.6. The molecule has 0 atom stereocenters. The second kappa shape index (κ2) is 8.91. The van der Waals surface area contributed by atoms with Gasteiger partial charge in [0, 0.05) is 7.05 Å². The quantitative estimate of drug-likeness (QED) is 0.585. The van der Waals surface area contributed by atoms with Crippen LogP contribution < -0.4 is 19.9 Å². The van der Waals surface area contributed by atoms with Gasteiger partial charge in [-0.25, -0.2) is 13.1 Å². The number of para-hydroxylation sites is 1.